The van der Waals surface area contributed by atoms with Crippen LogP contribution in [0.5, 0.6) is 5.75 Å². The molecule has 0 amide bonds. The summed E-state index contributed by atoms with van der Waals surface area (Å²) in [6.07, 6.45) is 1.70. The number of hydrogen-bond acceptors (Lipinski definition) is 3. The molecule has 0 aliphatic rings. The van der Waals surface area contributed by atoms with Crippen molar-refractivity contribution in [3.63, 3.8) is 0 Å². The molecule has 2 rings (SSSR count). The van der Waals surface area contributed by atoms with Crippen LogP contribution in [0.4, 0.5) is 5.69 Å². The van der Waals surface area contributed by atoms with Crippen molar-refractivity contribution in [1.82, 2.24) is 5.43 Å². The minimum Gasteiger partial charge on any atom is -0.495 e. The van der Waals surface area contributed by atoms with Crippen molar-refractivity contribution in [2.45, 2.75) is 0 Å². The highest BCUT2D eigenvalue weighted by Gasteiger charge is 2.02. The molecule has 0 aliphatic carbocycles. The summed E-state index contributed by atoms with van der Waals surface area (Å²) in [5, 5.41) is 7.52. The van der Waals surface area contributed by atoms with Crippen molar-refractivity contribution >= 4 is 45.2 Å². The number of hydrogen-bond donors (Lipinski definition) is 2. The molecule has 2 aromatic carbocycles. The van der Waals surface area contributed by atoms with Gasteiger partial charge in [-0.3, -0.25) is 5.43 Å². The number of anilines is 1. The Balaban J connectivity index is 1.91. The monoisotopic (exact) mass is 363 g/mol. The number of nitrogens with zero attached hydrogens (tertiary/aromatic N) is 1. The van der Waals surface area contributed by atoms with Crippen LogP contribution in [0, 0.1) is 0 Å². The standard InChI is InChI=1S/C15H14BrN3OS/c1-20-14-5-3-2-4-13(14)18-15(21)19-17-10-11-6-8-12(16)9-7-11/h2-10H,1H3,(H2,18,19,21)/b17-10+. The Morgan fingerprint density at radius 3 is 2.62 bits per heavy atom. The summed E-state index contributed by atoms with van der Waals surface area (Å²) in [6.45, 7) is 0. The molecule has 108 valence electrons. The summed E-state index contributed by atoms with van der Waals surface area (Å²) < 4.78 is 6.27. The minimum absolute atomic E-state index is 0.396. The molecular weight excluding hydrogens is 350 g/mol. The summed E-state index contributed by atoms with van der Waals surface area (Å²) in [6, 6.07) is 15.3. The Kier molecular flexibility index (Phi) is 5.71. The van der Waals surface area contributed by atoms with Gasteiger partial charge < -0.3 is 10.1 Å². The number of thiocarbonyl (C=S) groups is 1. The normalized spacial score (nSPS) is 10.4. The SMILES string of the molecule is COc1ccccc1NC(=S)N/N=C/c1ccc(Br)cc1. The first kappa shape index (κ1) is 15.5. The van der Waals surface area contributed by atoms with Crippen molar-refractivity contribution in [1.29, 1.82) is 0 Å². The van der Waals surface area contributed by atoms with E-state index in [0.717, 1.165) is 21.5 Å². The van der Waals surface area contributed by atoms with Crippen LogP contribution in [-0.2, 0) is 0 Å². The van der Waals surface area contributed by atoms with Crippen LogP contribution in [0.1, 0.15) is 5.56 Å². The summed E-state index contributed by atoms with van der Waals surface area (Å²) in [7, 11) is 1.61. The number of methoxy groups -OCH3 is 1. The number of ether oxygens (including phenoxy) is 1. The molecule has 2 aromatic rings. The van der Waals surface area contributed by atoms with E-state index in [1.807, 2.05) is 48.5 Å². The van der Waals surface area contributed by atoms with E-state index in [1.54, 1.807) is 13.3 Å². The Bertz CT molecular complexity index is 644. The largest absolute Gasteiger partial charge is 0.495 e. The van der Waals surface area contributed by atoms with E-state index in [0.29, 0.717) is 5.11 Å². The van der Waals surface area contributed by atoms with Crippen molar-refractivity contribution in [3.8, 4) is 5.75 Å². The number of hydrazone groups is 1. The number of benzene rings is 2. The molecule has 0 saturated heterocycles. The van der Waals surface area contributed by atoms with Crippen LogP contribution in [0.25, 0.3) is 0 Å². The Morgan fingerprint density at radius 1 is 1.19 bits per heavy atom. The first-order valence-corrected chi connectivity index (χ1v) is 7.38. The van der Waals surface area contributed by atoms with Gasteiger partial charge in [-0.05, 0) is 42.0 Å². The Labute approximate surface area is 137 Å². The molecular formula is C15H14BrN3OS. The van der Waals surface area contributed by atoms with E-state index in [4.69, 9.17) is 17.0 Å². The Morgan fingerprint density at radius 2 is 1.90 bits per heavy atom. The van der Waals surface area contributed by atoms with Crippen LogP contribution >= 0.6 is 28.1 Å². The van der Waals surface area contributed by atoms with Gasteiger partial charge in [0.15, 0.2) is 5.11 Å². The molecule has 0 bridgehead atoms. The van der Waals surface area contributed by atoms with Crippen LogP contribution in [-0.4, -0.2) is 18.4 Å². The van der Waals surface area contributed by atoms with Gasteiger partial charge in [-0.15, -0.1) is 0 Å². The van der Waals surface area contributed by atoms with Gasteiger partial charge in [0, 0.05) is 4.47 Å². The van der Waals surface area contributed by atoms with Crippen LogP contribution in [0.3, 0.4) is 0 Å². The lowest BCUT2D eigenvalue weighted by atomic mass is 10.2. The molecule has 0 aromatic heterocycles. The summed E-state index contributed by atoms with van der Waals surface area (Å²) in [4.78, 5) is 0. The summed E-state index contributed by atoms with van der Waals surface area (Å²) >= 11 is 8.57. The molecule has 4 nitrogen and oxygen atoms in total. The van der Waals surface area contributed by atoms with Crippen molar-refractivity contribution < 1.29 is 4.74 Å². The quantitative estimate of drug-likeness (QED) is 0.493. The van der Waals surface area contributed by atoms with Gasteiger partial charge in [0.2, 0.25) is 0 Å². The predicted molar refractivity (Wildman–Crippen MR) is 94.1 cm³/mol. The lowest BCUT2D eigenvalue weighted by Crippen LogP contribution is -2.24. The minimum atomic E-state index is 0.396. The van der Waals surface area contributed by atoms with Crippen molar-refractivity contribution in [2.24, 2.45) is 5.10 Å². The predicted octanol–water partition coefficient (Wildman–Crippen LogP) is 3.78. The number of para-hydroxylation sites is 2. The first-order chi connectivity index (χ1) is 10.2. The average Bonchev–Trinajstić information content (AvgIpc) is 2.50. The average molecular weight is 364 g/mol. The summed E-state index contributed by atoms with van der Waals surface area (Å²) in [5.41, 5.74) is 4.53. The van der Waals surface area contributed by atoms with E-state index >= 15 is 0 Å². The van der Waals surface area contributed by atoms with E-state index in [9.17, 15) is 0 Å². The van der Waals surface area contributed by atoms with Gasteiger partial charge in [-0.2, -0.15) is 5.10 Å². The maximum Gasteiger partial charge on any atom is 0.191 e. The van der Waals surface area contributed by atoms with Gasteiger partial charge in [0.05, 0.1) is 19.0 Å². The topological polar surface area (TPSA) is 45.6 Å². The third kappa shape index (κ3) is 4.84. The Hall–Kier alpha value is -1.92. The zero-order valence-corrected chi connectivity index (χ0v) is 13.7. The van der Waals surface area contributed by atoms with Crippen molar-refractivity contribution in [3.05, 3.63) is 58.6 Å². The molecule has 2 N–H and O–H groups in total. The highest BCUT2D eigenvalue weighted by molar-refractivity contribution is 9.10. The van der Waals surface area contributed by atoms with Crippen LogP contribution < -0.4 is 15.5 Å². The van der Waals surface area contributed by atoms with E-state index in [1.165, 1.54) is 0 Å². The molecule has 0 atom stereocenters. The van der Waals surface area contributed by atoms with E-state index in [2.05, 4.69) is 31.8 Å². The maximum absolute atomic E-state index is 5.24. The molecule has 0 fully saturated rings. The highest BCUT2D eigenvalue weighted by Crippen LogP contribution is 2.22. The zero-order valence-electron chi connectivity index (χ0n) is 11.3. The molecule has 0 unspecified atom stereocenters. The van der Waals surface area contributed by atoms with Crippen LogP contribution in [0.2, 0.25) is 0 Å². The third-order valence-electron chi connectivity index (χ3n) is 2.60. The molecule has 0 spiro atoms. The zero-order chi connectivity index (χ0) is 15.1. The van der Waals surface area contributed by atoms with Gasteiger partial charge in [0.1, 0.15) is 5.75 Å². The molecule has 0 saturated carbocycles. The van der Waals surface area contributed by atoms with Gasteiger partial charge in [-0.1, -0.05) is 40.2 Å². The van der Waals surface area contributed by atoms with Gasteiger partial charge in [-0.25, -0.2) is 0 Å². The summed E-state index contributed by atoms with van der Waals surface area (Å²) in [5.74, 6) is 0.721. The number of rotatable bonds is 4. The molecule has 21 heavy (non-hydrogen) atoms. The first-order valence-electron chi connectivity index (χ1n) is 6.17. The van der Waals surface area contributed by atoms with Gasteiger partial charge in [0.25, 0.3) is 0 Å². The van der Waals surface area contributed by atoms with Crippen LogP contribution in [0.15, 0.2) is 58.1 Å². The fourth-order valence-electron chi connectivity index (χ4n) is 1.61. The second-order valence-corrected chi connectivity index (χ2v) is 5.40. The smallest absolute Gasteiger partial charge is 0.191 e. The van der Waals surface area contributed by atoms with Crippen molar-refractivity contribution in [2.75, 3.05) is 12.4 Å². The molecule has 0 radical (unpaired) electrons. The fraction of sp³-hybridized carbons (Fsp3) is 0.0667. The lowest BCUT2D eigenvalue weighted by molar-refractivity contribution is 0.417. The number of halogens is 1. The molecule has 6 heteroatoms. The van der Waals surface area contributed by atoms with E-state index < -0.39 is 0 Å². The highest BCUT2D eigenvalue weighted by atomic mass is 79.9. The van der Waals surface area contributed by atoms with Gasteiger partial charge >= 0.3 is 0 Å². The third-order valence-corrected chi connectivity index (χ3v) is 3.33. The fourth-order valence-corrected chi connectivity index (χ4v) is 2.04. The number of nitrogens with one attached hydrogen (secondary N) is 2. The molecule has 0 heterocycles. The van der Waals surface area contributed by atoms with E-state index in [-0.39, 0.29) is 0 Å². The molecule has 0 aliphatic heterocycles. The lowest BCUT2D eigenvalue weighted by Gasteiger charge is -2.10. The maximum atomic E-state index is 5.24. The second kappa shape index (κ2) is 7.75. The second-order valence-electron chi connectivity index (χ2n) is 4.08.